The molecule has 0 saturated carbocycles. The standard InChI is InChI=1S/C7H11NS2.ClH/c1-6(2)5-10-7-8-3-4-9-7;/h1,3-5H2,2H3;1H/p-1. The van der Waals surface area contributed by atoms with Crippen molar-refractivity contribution in [1.29, 1.82) is 0 Å². The van der Waals surface area contributed by atoms with Crippen molar-refractivity contribution in [1.82, 2.24) is 0 Å². The van der Waals surface area contributed by atoms with Gasteiger partial charge >= 0.3 is 0 Å². The summed E-state index contributed by atoms with van der Waals surface area (Å²) >= 11 is 3.66. The fourth-order valence-electron chi connectivity index (χ4n) is 0.588. The van der Waals surface area contributed by atoms with E-state index in [0.29, 0.717) is 0 Å². The van der Waals surface area contributed by atoms with Crippen LogP contribution in [0.15, 0.2) is 17.1 Å². The summed E-state index contributed by atoms with van der Waals surface area (Å²) in [5, 5.41) is 0. The number of hydrogen-bond acceptors (Lipinski definition) is 3. The Labute approximate surface area is 82.5 Å². The van der Waals surface area contributed by atoms with Crippen LogP contribution in [0, 0.1) is 0 Å². The molecule has 0 unspecified atom stereocenters. The smallest absolute Gasteiger partial charge is 0.124 e. The van der Waals surface area contributed by atoms with Gasteiger partial charge in [0.25, 0.3) is 0 Å². The molecular formula is C7H11ClNS2-. The lowest BCUT2D eigenvalue weighted by Crippen LogP contribution is -3.00. The quantitative estimate of drug-likeness (QED) is 0.563. The van der Waals surface area contributed by atoms with E-state index in [1.807, 2.05) is 18.7 Å². The molecule has 0 radical (unpaired) electrons. The maximum absolute atomic E-state index is 4.31. The Kier molecular flexibility index (Phi) is 6.19. The highest BCUT2D eigenvalue weighted by Gasteiger charge is 2.06. The van der Waals surface area contributed by atoms with Crippen LogP contribution in [0.25, 0.3) is 0 Å². The van der Waals surface area contributed by atoms with Gasteiger partial charge in [-0.05, 0) is 6.92 Å². The monoisotopic (exact) mass is 208 g/mol. The van der Waals surface area contributed by atoms with Gasteiger partial charge in [0.2, 0.25) is 0 Å². The van der Waals surface area contributed by atoms with E-state index in [4.69, 9.17) is 0 Å². The third kappa shape index (κ3) is 4.77. The highest BCUT2D eigenvalue weighted by atomic mass is 35.5. The van der Waals surface area contributed by atoms with E-state index in [1.165, 1.54) is 15.7 Å². The van der Waals surface area contributed by atoms with Crippen LogP contribution in [0.1, 0.15) is 6.92 Å². The first-order valence-electron chi connectivity index (χ1n) is 3.23. The second-order valence-electron chi connectivity index (χ2n) is 2.24. The van der Waals surface area contributed by atoms with E-state index in [1.54, 1.807) is 11.8 Å². The minimum absolute atomic E-state index is 0. The van der Waals surface area contributed by atoms with Gasteiger partial charge in [0.15, 0.2) is 0 Å². The Bertz CT molecular complexity index is 168. The van der Waals surface area contributed by atoms with Gasteiger partial charge in [0, 0.05) is 11.5 Å². The molecule has 0 aromatic heterocycles. The number of rotatable bonds is 2. The normalized spacial score (nSPS) is 15.5. The Hall–Kier alpha value is 0.400. The summed E-state index contributed by atoms with van der Waals surface area (Å²) in [7, 11) is 0. The number of nitrogens with zero attached hydrogens (tertiary/aromatic N) is 1. The first kappa shape index (κ1) is 11.4. The molecule has 0 bridgehead atoms. The second-order valence-corrected chi connectivity index (χ2v) is 4.55. The molecule has 0 aromatic carbocycles. The topological polar surface area (TPSA) is 12.4 Å². The van der Waals surface area contributed by atoms with Crippen molar-refractivity contribution in [3.63, 3.8) is 0 Å². The molecule has 0 saturated heterocycles. The Morgan fingerprint density at radius 2 is 2.55 bits per heavy atom. The molecular weight excluding hydrogens is 198 g/mol. The zero-order chi connectivity index (χ0) is 7.40. The minimum atomic E-state index is 0. The van der Waals surface area contributed by atoms with Crippen molar-refractivity contribution in [2.45, 2.75) is 6.92 Å². The predicted octanol–water partition coefficient (Wildman–Crippen LogP) is -0.597. The van der Waals surface area contributed by atoms with Gasteiger partial charge in [-0.2, -0.15) is 0 Å². The fourth-order valence-corrected chi connectivity index (χ4v) is 2.44. The van der Waals surface area contributed by atoms with Crippen LogP contribution in [0.2, 0.25) is 0 Å². The molecule has 1 rings (SSSR count). The van der Waals surface area contributed by atoms with Gasteiger partial charge in [-0.3, -0.25) is 4.99 Å². The van der Waals surface area contributed by atoms with Crippen LogP contribution in [-0.2, 0) is 0 Å². The summed E-state index contributed by atoms with van der Waals surface area (Å²) in [6.07, 6.45) is 0. The average Bonchev–Trinajstić information content (AvgIpc) is 2.34. The lowest BCUT2D eigenvalue weighted by atomic mass is 10.4. The molecule has 0 aliphatic carbocycles. The van der Waals surface area contributed by atoms with E-state index in [-0.39, 0.29) is 12.4 Å². The maximum Gasteiger partial charge on any atom is 0.124 e. The van der Waals surface area contributed by atoms with E-state index in [9.17, 15) is 0 Å². The number of hydrogen-bond donors (Lipinski definition) is 0. The van der Waals surface area contributed by atoms with Crippen LogP contribution in [-0.4, -0.2) is 22.4 Å². The van der Waals surface area contributed by atoms with Gasteiger partial charge in [-0.25, -0.2) is 0 Å². The van der Waals surface area contributed by atoms with Gasteiger partial charge < -0.3 is 12.4 Å². The summed E-state index contributed by atoms with van der Waals surface area (Å²) in [5.41, 5.74) is 1.22. The van der Waals surface area contributed by atoms with Crippen molar-refractivity contribution in [2.24, 2.45) is 4.99 Å². The van der Waals surface area contributed by atoms with Crippen molar-refractivity contribution in [2.75, 3.05) is 18.1 Å². The molecule has 1 aliphatic heterocycles. The molecule has 1 heterocycles. The largest absolute Gasteiger partial charge is 1.00 e. The lowest BCUT2D eigenvalue weighted by molar-refractivity contribution is -0.00000204. The lowest BCUT2D eigenvalue weighted by Gasteiger charge is -1.96. The highest BCUT2D eigenvalue weighted by Crippen LogP contribution is 2.22. The molecule has 11 heavy (non-hydrogen) atoms. The molecule has 0 fully saturated rings. The van der Waals surface area contributed by atoms with Crippen LogP contribution >= 0.6 is 23.5 Å². The van der Waals surface area contributed by atoms with Crippen LogP contribution in [0.5, 0.6) is 0 Å². The van der Waals surface area contributed by atoms with Gasteiger partial charge in [-0.1, -0.05) is 35.7 Å². The van der Waals surface area contributed by atoms with Crippen molar-refractivity contribution >= 4 is 27.9 Å². The molecule has 0 amide bonds. The SMILES string of the molecule is C=C(C)CSC1=NCCS1.[Cl-]. The summed E-state index contributed by atoms with van der Waals surface area (Å²) < 4.78 is 1.24. The molecule has 0 aromatic rings. The Balaban J connectivity index is 0.000001000. The molecule has 0 atom stereocenters. The zero-order valence-electron chi connectivity index (χ0n) is 6.47. The summed E-state index contributed by atoms with van der Waals surface area (Å²) in [5.74, 6) is 2.18. The Morgan fingerprint density at radius 1 is 1.82 bits per heavy atom. The average molecular weight is 209 g/mol. The molecule has 1 aliphatic rings. The summed E-state index contributed by atoms with van der Waals surface area (Å²) in [4.78, 5) is 4.31. The van der Waals surface area contributed by atoms with E-state index >= 15 is 0 Å². The van der Waals surface area contributed by atoms with E-state index in [2.05, 4.69) is 11.6 Å². The molecule has 0 N–H and O–H groups in total. The van der Waals surface area contributed by atoms with Gasteiger partial charge in [-0.15, -0.1) is 0 Å². The van der Waals surface area contributed by atoms with Crippen LogP contribution < -0.4 is 12.4 Å². The van der Waals surface area contributed by atoms with Gasteiger partial charge in [0.05, 0.1) is 6.54 Å². The molecule has 0 spiro atoms. The summed E-state index contributed by atoms with van der Waals surface area (Å²) in [6.45, 7) is 6.88. The number of halogens is 1. The van der Waals surface area contributed by atoms with E-state index in [0.717, 1.165) is 12.3 Å². The van der Waals surface area contributed by atoms with Gasteiger partial charge in [0.1, 0.15) is 4.38 Å². The first-order valence-corrected chi connectivity index (χ1v) is 5.20. The summed E-state index contributed by atoms with van der Waals surface area (Å²) in [6, 6.07) is 0. The molecule has 1 nitrogen and oxygen atoms in total. The number of thioether (sulfide) groups is 2. The fraction of sp³-hybridized carbons (Fsp3) is 0.571. The van der Waals surface area contributed by atoms with Crippen LogP contribution in [0.4, 0.5) is 0 Å². The third-order valence-corrected chi connectivity index (χ3v) is 3.48. The minimum Gasteiger partial charge on any atom is -1.00 e. The van der Waals surface area contributed by atoms with Crippen molar-refractivity contribution in [3.8, 4) is 0 Å². The van der Waals surface area contributed by atoms with E-state index < -0.39 is 0 Å². The maximum atomic E-state index is 4.31. The van der Waals surface area contributed by atoms with Crippen molar-refractivity contribution in [3.05, 3.63) is 12.2 Å². The first-order chi connectivity index (χ1) is 4.79. The van der Waals surface area contributed by atoms with Crippen molar-refractivity contribution < 1.29 is 12.4 Å². The molecule has 4 heteroatoms. The zero-order valence-corrected chi connectivity index (χ0v) is 8.86. The highest BCUT2D eigenvalue weighted by molar-refractivity contribution is 8.39. The third-order valence-electron chi connectivity index (χ3n) is 1.000. The molecule has 64 valence electrons. The number of aliphatic imine (C=N–C) groups is 1. The Morgan fingerprint density at radius 3 is 3.00 bits per heavy atom. The predicted molar refractivity (Wildman–Crippen MR) is 52.0 cm³/mol. The second kappa shape index (κ2) is 5.98. The van der Waals surface area contributed by atoms with Crippen LogP contribution in [0.3, 0.4) is 0 Å².